The summed E-state index contributed by atoms with van der Waals surface area (Å²) >= 11 is 16.2. The quantitative estimate of drug-likeness (QED) is 0.317. The van der Waals surface area contributed by atoms with Crippen molar-refractivity contribution >= 4 is 69.1 Å². The van der Waals surface area contributed by atoms with Gasteiger partial charge in [-0.1, -0.05) is 44.7 Å². The van der Waals surface area contributed by atoms with Crippen LogP contribution in [0, 0.1) is 11.8 Å². The SMILES string of the molecule is CC(C)(Br)C(=O)OC1C2CCCCC2C(OC(=O)C(C)(C)Br)[C@@H](S)[C@@H]1S. The first-order chi connectivity index (χ1) is 11.8. The maximum absolute atomic E-state index is 12.4. The van der Waals surface area contributed by atoms with Crippen LogP contribution in [-0.2, 0) is 19.1 Å². The minimum atomic E-state index is -0.750. The molecule has 4 unspecified atom stereocenters. The molecule has 2 aliphatic carbocycles. The number of alkyl halides is 2. The zero-order chi connectivity index (χ0) is 19.9. The van der Waals surface area contributed by atoms with Gasteiger partial charge < -0.3 is 9.47 Å². The fraction of sp³-hybridized carbons (Fsp3) is 0.889. The van der Waals surface area contributed by atoms with Gasteiger partial charge in [0.15, 0.2) is 0 Å². The van der Waals surface area contributed by atoms with E-state index < -0.39 is 8.65 Å². The molecule has 6 atom stereocenters. The van der Waals surface area contributed by atoms with Gasteiger partial charge in [0.1, 0.15) is 20.9 Å². The Hall–Kier alpha value is 0.600. The van der Waals surface area contributed by atoms with Crippen LogP contribution in [0.5, 0.6) is 0 Å². The van der Waals surface area contributed by atoms with E-state index in [0.717, 1.165) is 25.7 Å². The molecule has 8 heteroatoms. The zero-order valence-electron chi connectivity index (χ0n) is 15.6. The Morgan fingerprint density at radius 3 is 1.38 bits per heavy atom. The summed E-state index contributed by atoms with van der Waals surface area (Å²) in [6.07, 6.45) is 3.37. The molecule has 4 nitrogen and oxygen atoms in total. The van der Waals surface area contributed by atoms with Gasteiger partial charge in [-0.15, -0.1) is 0 Å². The van der Waals surface area contributed by atoms with E-state index in [9.17, 15) is 9.59 Å². The van der Waals surface area contributed by atoms with E-state index in [1.54, 1.807) is 27.7 Å². The molecule has 0 aromatic rings. The van der Waals surface area contributed by atoms with E-state index in [-0.39, 0.29) is 46.5 Å². The average molecular weight is 532 g/mol. The van der Waals surface area contributed by atoms with Crippen LogP contribution in [0.2, 0.25) is 0 Å². The number of thiol groups is 2. The van der Waals surface area contributed by atoms with Crippen molar-refractivity contribution in [2.45, 2.75) is 84.7 Å². The van der Waals surface area contributed by atoms with Crippen molar-refractivity contribution in [2.24, 2.45) is 11.8 Å². The summed E-state index contributed by atoms with van der Waals surface area (Å²) in [6.45, 7) is 7.07. The monoisotopic (exact) mass is 530 g/mol. The standard InChI is InChI=1S/C18H28Br2O4S2/c1-17(2,19)15(21)23-11-9-7-5-6-8-10(9)12(14(26)13(11)25)24-16(22)18(3,4)20/h9-14,25-26H,5-8H2,1-4H3/t9?,10?,11?,12?,13-,14-/m1/s1. The fourth-order valence-corrected chi connectivity index (χ4v) is 4.83. The van der Waals surface area contributed by atoms with Gasteiger partial charge >= 0.3 is 11.9 Å². The van der Waals surface area contributed by atoms with Crippen LogP contribution >= 0.6 is 57.1 Å². The normalized spacial score (nSPS) is 35.4. The minimum absolute atomic E-state index is 0.129. The first kappa shape index (κ1) is 22.9. The van der Waals surface area contributed by atoms with Gasteiger partial charge in [0.05, 0.1) is 10.5 Å². The maximum Gasteiger partial charge on any atom is 0.322 e. The molecule has 2 rings (SSSR count). The van der Waals surface area contributed by atoms with Crippen molar-refractivity contribution in [1.29, 1.82) is 0 Å². The summed E-state index contributed by atoms with van der Waals surface area (Å²) in [7, 11) is 0. The minimum Gasteiger partial charge on any atom is -0.460 e. The summed E-state index contributed by atoms with van der Waals surface area (Å²) in [5.74, 6) is -0.346. The molecule has 0 spiro atoms. The van der Waals surface area contributed by atoms with E-state index in [4.69, 9.17) is 34.7 Å². The van der Waals surface area contributed by atoms with E-state index >= 15 is 0 Å². The molecule has 0 aliphatic heterocycles. The third-order valence-electron chi connectivity index (χ3n) is 5.20. The van der Waals surface area contributed by atoms with Gasteiger partial charge in [-0.05, 0) is 40.5 Å². The second-order valence-electron chi connectivity index (χ2n) is 8.28. The lowest BCUT2D eigenvalue weighted by Gasteiger charge is -2.50. The third-order valence-corrected chi connectivity index (χ3v) is 7.31. The largest absolute Gasteiger partial charge is 0.460 e. The van der Waals surface area contributed by atoms with E-state index in [1.165, 1.54) is 0 Å². The highest BCUT2D eigenvalue weighted by Gasteiger charge is 2.53. The molecule has 0 saturated heterocycles. The summed E-state index contributed by atoms with van der Waals surface area (Å²) in [5, 5.41) is -0.597. The van der Waals surface area contributed by atoms with Crippen molar-refractivity contribution in [2.75, 3.05) is 0 Å². The van der Waals surface area contributed by atoms with E-state index in [1.807, 2.05) is 0 Å². The summed E-state index contributed by atoms with van der Waals surface area (Å²) in [4.78, 5) is 24.9. The number of rotatable bonds is 4. The summed E-state index contributed by atoms with van der Waals surface area (Å²) in [5.41, 5.74) is 0. The van der Waals surface area contributed by atoms with Gasteiger partial charge in [0.25, 0.3) is 0 Å². The van der Waals surface area contributed by atoms with Gasteiger partial charge in [-0.3, -0.25) is 9.59 Å². The topological polar surface area (TPSA) is 52.6 Å². The number of esters is 2. The Morgan fingerprint density at radius 2 is 1.12 bits per heavy atom. The highest BCUT2D eigenvalue weighted by Crippen LogP contribution is 2.47. The average Bonchev–Trinajstić information content (AvgIpc) is 2.53. The molecule has 150 valence electrons. The summed E-state index contributed by atoms with van der Waals surface area (Å²) < 4.78 is 10.2. The Morgan fingerprint density at radius 1 is 0.808 bits per heavy atom. The Kier molecular flexibility index (Phi) is 7.51. The molecule has 0 heterocycles. The molecule has 2 saturated carbocycles. The molecule has 26 heavy (non-hydrogen) atoms. The molecule has 2 aliphatic rings. The van der Waals surface area contributed by atoms with Crippen LogP contribution < -0.4 is 0 Å². The van der Waals surface area contributed by atoms with Crippen LogP contribution in [-0.4, -0.2) is 43.3 Å². The van der Waals surface area contributed by atoms with Gasteiger partial charge in [0, 0.05) is 11.8 Å². The van der Waals surface area contributed by atoms with Crippen LogP contribution in [0.15, 0.2) is 0 Å². The predicted octanol–water partition coefficient (Wildman–Crippen LogP) is 4.57. The van der Waals surface area contributed by atoms with Gasteiger partial charge in [0.2, 0.25) is 0 Å². The number of halogens is 2. The maximum atomic E-state index is 12.4. The van der Waals surface area contributed by atoms with Gasteiger partial charge in [-0.25, -0.2) is 0 Å². The number of hydrogen-bond acceptors (Lipinski definition) is 6. The molecule has 0 aromatic carbocycles. The van der Waals surface area contributed by atoms with Crippen molar-refractivity contribution in [3.8, 4) is 0 Å². The highest BCUT2D eigenvalue weighted by atomic mass is 79.9. The molecule has 0 radical (unpaired) electrons. The molecular formula is C18H28Br2O4S2. The van der Waals surface area contributed by atoms with Crippen molar-refractivity contribution in [1.82, 2.24) is 0 Å². The van der Waals surface area contributed by atoms with E-state index in [2.05, 4.69) is 31.9 Å². The van der Waals surface area contributed by atoms with E-state index in [0.29, 0.717) is 0 Å². The Bertz CT molecular complexity index is 496. The molecular weight excluding hydrogens is 504 g/mol. The Balaban J connectivity index is 2.24. The molecule has 0 bridgehead atoms. The van der Waals surface area contributed by atoms with Crippen LogP contribution in [0.4, 0.5) is 0 Å². The number of hydrogen-bond donors (Lipinski definition) is 2. The molecule has 0 amide bonds. The number of ether oxygens (including phenoxy) is 2. The van der Waals surface area contributed by atoms with Crippen molar-refractivity contribution in [3.63, 3.8) is 0 Å². The molecule has 0 N–H and O–H groups in total. The third kappa shape index (κ3) is 5.15. The predicted molar refractivity (Wildman–Crippen MR) is 117 cm³/mol. The lowest BCUT2D eigenvalue weighted by atomic mass is 9.67. The van der Waals surface area contributed by atoms with Crippen LogP contribution in [0.3, 0.4) is 0 Å². The second-order valence-corrected chi connectivity index (χ2v) is 13.4. The smallest absolute Gasteiger partial charge is 0.322 e. The van der Waals surface area contributed by atoms with Gasteiger partial charge in [-0.2, -0.15) is 25.3 Å². The summed E-state index contributed by atoms with van der Waals surface area (Å²) in [6, 6.07) is 0. The fourth-order valence-electron chi connectivity index (χ4n) is 3.74. The van der Waals surface area contributed by atoms with Crippen molar-refractivity contribution < 1.29 is 19.1 Å². The number of fused-ring (bicyclic) bond motifs is 1. The number of carbonyl (C=O) groups excluding carboxylic acids is 2. The van der Waals surface area contributed by atoms with Crippen LogP contribution in [0.1, 0.15) is 53.4 Å². The highest BCUT2D eigenvalue weighted by molar-refractivity contribution is 9.10. The Labute approximate surface area is 184 Å². The molecule has 2 fully saturated rings. The first-order valence-corrected chi connectivity index (χ1v) is 11.6. The second kappa shape index (κ2) is 8.54. The van der Waals surface area contributed by atoms with Crippen molar-refractivity contribution in [3.05, 3.63) is 0 Å². The first-order valence-electron chi connectivity index (χ1n) is 9.00. The van der Waals surface area contributed by atoms with Crippen LogP contribution in [0.25, 0.3) is 0 Å². The number of carbonyl (C=O) groups is 2. The zero-order valence-corrected chi connectivity index (χ0v) is 20.5. The lowest BCUT2D eigenvalue weighted by Crippen LogP contribution is -2.59. The molecule has 0 aromatic heterocycles. The lowest BCUT2D eigenvalue weighted by molar-refractivity contribution is -0.171.